The van der Waals surface area contributed by atoms with Crippen LogP contribution in [0.25, 0.3) is 0 Å². The van der Waals surface area contributed by atoms with Crippen LogP contribution < -0.4 is 11.1 Å². The van der Waals surface area contributed by atoms with Crippen molar-refractivity contribution in [3.8, 4) is 0 Å². The van der Waals surface area contributed by atoms with Crippen molar-refractivity contribution < 1.29 is 13.2 Å². The summed E-state index contributed by atoms with van der Waals surface area (Å²) in [7, 11) is 0. The molecule has 0 aliphatic rings. The van der Waals surface area contributed by atoms with E-state index >= 15 is 0 Å². The number of hydrogen-bond donors (Lipinski definition) is 3. The number of anilines is 2. The molecule has 0 bridgehead atoms. The van der Waals surface area contributed by atoms with Gasteiger partial charge in [0, 0.05) is 31.8 Å². The first-order chi connectivity index (χ1) is 13.9. The van der Waals surface area contributed by atoms with Gasteiger partial charge in [0.2, 0.25) is 0 Å². The predicted octanol–water partition coefficient (Wildman–Crippen LogP) is 6.47. The Hall–Kier alpha value is -1.90. The first-order valence-electron chi connectivity index (χ1n) is 8.74. The van der Waals surface area contributed by atoms with Crippen LogP contribution in [-0.4, -0.2) is 11.6 Å². The molecule has 0 atom stereocenters. The van der Waals surface area contributed by atoms with Gasteiger partial charge in [0.1, 0.15) is 17.5 Å². The van der Waals surface area contributed by atoms with Gasteiger partial charge in [-0.1, -0.05) is 6.07 Å². The molecular formula is C21H19F3N2S3. The fourth-order valence-corrected chi connectivity index (χ4v) is 4.57. The fourth-order valence-electron chi connectivity index (χ4n) is 2.54. The number of hydrogen-bond acceptors (Lipinski definition) is 5. The zero-order valence-corrected chi connectivity index (χ0v) is 17.8. The summed E-state index contributed by atoms with van der Waals surface area (Å²) in [5.74, 6) is 0.0815. The van der Waals surface area contributed by atoms with E-state index in [-0.39, 0.29) is 22.3 Å². The van der Waals surface area contributed by atoms with Crippen molar-refractivity contribution in [2.45, 2.75) is 21.1 Å². The quantitative estimate of drug-likeness (QED) is 0.158. The lowest BCUT2D eigenvalue weighted by Gasteiger charge is -2.10. The second kappa shape index (κ2) is 10.2. The first-order valence-corrected chi connectivity index (χ1v) is 11.2. The van der Waals surface area contributed by atoms with Crippen LogP contribution in [0.1, 0.15) is 5.56 Å². The van der Waals surface area contributed by atoms with E-state index in [1.54, 1.807) is 30.3 Å². The molecule has 0 fully saturated rings. The molecule has 0 saturated heterocycles. The van der Waals surface area contributed by atoms with Crippen LogP contribution in [-0.2, 0) is 6.42 Å². The molecule has 8 heteroatoms. The van der Waals surface area contributed by atoms with Gasteiger partial charge in [-0.25, -0.2) is 13.2 Å². The van der Waals surface area contributed by atoms with Crippen molar-refractivity contribution in [1.29, 1.82) is 0 Å². The van der Waals surface area contributed by atoms with Gasteiger partial charge < -0.3 is 11.1 Å². The van der Waals surface area contributed by atoms with Gasteiger partial charge >= 0.3 is 0 Å². The SMILES string of the molecule is Nc1ccc(F)c(SCCc2ccc(F)c(SCNc3ccc(F)c(S)c3)c2)c1. The molecular weight excluding hydrogens is 433 g/mol. The summed E-state index contributed by atoms with van der Waals surface area (Å²) in [6.45, 7) is 0. The molecule has 3 N–H and O–H groups in total. The standard InChI is InChI=1S/C21H19F3N2S3/c22-16-6-3-15(11-19(16)27)26-12-29-20-9-13(1-4-17(20)23)7-8-28-21-10-14(25)2-5-18(21)24/h1-6,9-11,26-27H,7-8,12,25H2. The minimum absolute atomic E-state index is 0.252. The molecule has 3 aromatic carbocycles. The Bertz CT molecular complexity index is 999. The smallest absolute Gasteiger partial charge is 0.136 e. The Morgan fingerprint density at radius 2 is 1.52 bits per heavy atom. The van der Waals surface area contributed by atoms with Crippen molar-refractivity contribution >= 4 is 47.5 Å². The van der Waals surface area contributed by atoms with Gasteiger partial charge in [-0.05, 0) is 60.5 Å². The summed E-state index contributed by atoms with van der Waals surface area (Å²) in [4.78, 5) is 1.28. The van der Waals surface area contributed by atoms with Gasteiger partial charge in [-0.3, -0.25) is 0 Å². The highest BCUT2D eigenvalue weighted by atomic mass is 32.2. The van der Waals surface area contributed by atoms with Gasteiger partial charge in [-0.2, -0.15) is 0 Å². The van der Waals surface area contributed by atoms with Crippen LogP contribution in [0.2, 0.25) is 0 Å². The Kier molecular flexibility index (Phi) is 7.69. The molecule has 3 aromatic rings. The molecule has 2 nitrogen and oxygen atoms in total. The van der Waals surface area contributed by atoms with Crippen LogP contribution in [0.3, 0.4) is 0 Å². The number of nitrogens with one attached hydrogen (secondary N) is 1. The van der Waals surface area contributed by atoms with E-state index in [1.165, 1.54) is 47.8 Å². The number of thiol groups is 1. The molecule has 0 aliphatic heterocycles. The number of nitrogens with two attached hydrogens (primary N) is 1. The van der Waals surface area contributed by atoms with Gasteiger partial charge in [0.05, 0.1) is 5.88 Å². The zero-order chi connectivity index (χ0) is 20.8. The molecule has 0 unspecified atom stereocenters. The van der Waals surface area contributed by atoms with E-state index in [2.05, 4.69) is 17.9 Å². The lowest BCUT2D eigenvalue weighted by atomic mass is 10.2. The first kappa shape index (κ1) is 21.8. The van der Waals surface area contributed by atoms with Crippen molar-refractivity contribution in [1.82, 2.24) is 0 Å². The van der Waals surface area contributed by atoms with E-state index in [4.69, 9.17) is 5.73 Å². The van der Waals surface area contributed by atoms with Crippen LogP contribution in [0.15, 0.2) is 69.3 Å². The maximum atomic E-state index is 14.1. The molecule has 152 valence electrons. The summed E-state index contributed by atoms with van der Waals surface area (Å²) in [6, 6.07) is 14.0. The molecule has 0 saturated carbocycles. The molecule has 29 heavy (non-hydrogen) atoms. The number of aryl methyl sites for hydroxylation is 1. The lowest BCUT2D eigenvalue weighted by molar-refractivity contribution is 0.601. The Morgan fingerprint density at radius 3 is 2.28 bits per heavy atom. The summed E-state index contributed by atoms with van der Waals surface area (Å²) in [6.07, 6.45) is 0.668. The van der Waals surface area contributed by atoms with Gasteiger partial charge in [-0.15, -0.1) is 36.2 Å². The number of halogens is 3. The second-order valence-electron chi connectivity index (χ2n) is 6.18. The van der Waals surface area contributed by atoms with Crippen LogP contribution >= 0.6 is 36.2 Å². The van der Waals surface area contributed by atoms with Crippen molar-refractivity contribution in [3.05, 3.63) is 77.6 Å². The highest BCUT2D eigenvalue weighted by molar-refractivity contribution is 7.99. The summed E-state index contributed by atoms with van der Waals surface area (Å²) in [5.41, 5.74) is 7.89. The van der Waals surface area contributed by atoms with Crippen LogP contribution in [0, 0.1) is 17.5 Å². The topological polar surface area (TPSA) is 38.0 Å². The molecule has 0 aromatic heterocycles. The predicted molar refractivity (Wildman–Crippen MR) is 120 cm³/mol. The molecule has 0 aliphatic carbocycles. The second-order valence-corrected chi connectivity index (χ2v) is 8.82. The van der Waals surface area contributed by atoms with Crippen molar-refractivity contribution in [2.75, 3.05) is 22.7 Å². The molecule has 0 heterocycles. The van der Waals surface area contributed by atoms with Crippen molar-refractivity contribution in [2.24, 2.45) is 0 Å². The molecule has 0 radical (unpaired) electrons. The van der Waals surface area contributed by atoms with Crippen LogP contribution in [0.5, 0.6) is 0 Å². The summed E-state index contributed by atoms with van der Waals surface area (Å²) in [5, 5.41) is 3.11. The van der Waals surface area contributed by atoms with Gasteiger partial charge in [0.25, 0.3) is 0 Å². The lowest BCUT2D eigenvalue weighted by Crippen LogP contribution is -1.99. The summed E-state index contributed by atoms with van der Waals surface area (Å²) < 4.78 is 41.1. The third-order valence-electron chi connectivity index (χ3n) is 4.05. The third kappa shape index (κ3) is 6.29. The zero-order valence-electron chi connectivity index (χ0n) is 15.3. The molecule has 0 amide bonds. The van der Waals surface area contributed by atoms with Gasteiger partial charge in [0.15, 0.2) is 0 Å². The Morgan fingerprint density at radius 1 is 0.828 bits per heavy atom. The minimum atomic E-state index is -0.388. The average Bonchev–Trinajstić information content (AvgIpc) is 2.69. The van der Waals surface area contributed by atoms with E-state index in [0.717, 1.165) is 5.56 Å². The number of rotatable bonds is 8. The summed E-state index contributed by atoms with van der Waals surface area (Å²) >= 11 is 6.74. The Balaban J connectivity index is 1.54. The molecule has 0 spiro atoms. The third-order valence-corrected chi connectivity index (χ3v) is 6.34. The normalized spacial score (nSPS) is 10.9. The number of thioether (sulfide) groups is 2. The van der Waals surface area contributed by atoms with Crippen LogP contribution in [0.4, 0.5) is 24.5 Å². The number of nitrogen functional groups attached to an aromatic ring is 1. The van der Waals surface area contributed by atoms with E-state index in [9.17, 15) is 13.2 Å². The van der Waals surface area contributed by atoms with E-state index in [1.807, 2.05) is 0 Å². The van der Waals surface area contributed by atoms with E-state index in [0.29, 0.717) is 39.2 Å². The highest BCUT2D eigenvalue weighted by Crippen LogP contribution is 2.27. The average molecular weight is 453 g/mol. The Labute approximate surface area is 181 Å². The minimum Gasteiger partial charge on any atom is -0.399 e. The van der Waals surface area contributed by atoms with E-state index < -0.39 is 0 Å². The molecule has 3 rings (SSSR count). The van der Waals surface area contributed by atoms with Crippen molar-refractivity contribution in [3.63, 3.8) is 0 Å². The highest BCUT2D eigenvalue weighted by Gasteiger charge is 2.07. The fraction of sp³-hybridized carbons (Fsp3) is 0.143. The number of benzene rings is 3. The maximum Gasteiger partial charge on any atom is 0.136 e. The largest absolute Gasteiger partial charge is 0.399 e. The maximum absolute atomic E-state index is 14.1. The monoisotopic (exact) mass is 452 g/mol.